The van der Waals surface area contributed by atoms with Gasteiger partial charge in [-0.2, -0.15) is 5.10 Å². The molecule has 0 aromatic carbocycles. The number of pyridine rings is 1. The Morgan fingerprint density at radius 3 is 2.29 bits per heavy atom. The molecule has 10 heteroatoms. The number of likely N-dealkylation sites (tertiary alicyclic amines) is 1. The molecular formula is C25H36F3N5O2. The molecule has 1 aliphatic heterocycles. The Hall–Kier alpha value is -2.78. The monoisotopic (exact) mass is 495 g/mol. The summed E-state index contributed by atoms with van der Waals surface area (Å²) in [5.41, 5.74) is -0.633. The van der Waals surface area contributed by atoms with Crippen molar-refractivity contribution < 1.29 is 22.7 Å². The zero-order valence-electron chi connectivity index (χ0n) is 21.6. The van der Waals surface area contributed by atoms with Gasteiger partial charge in [0, 0.05) is 24.8 Å². The average molecular weight is 496 g/mol. The molecule has 0 radical (unpaired) electrons. The first-order chi connectivity index (χ1) is 16.1. The van der Waals surface area contributed by atoms with E-state index < -0.39 is 23.4 Å². The number of aryl methyl sites for hydroxylation is 1. The van der Waals surface area contributed by atoms with Gasteiger partial charge < -0.3 is 15.0 Å². The summed E-state index contributed by atoms with van der Waals surface area (Å²) in [5, 5.41) is 7.47. The van der Waals surface area contributed by atoms with E-state index in [-0.39, 0.29) is 35.5 Å². The molecule has 1 N–H and O–H groups in total. The number of anilines is 2. The number of carbonyl (C=O) groups excluding carboxylic acids is 1. The maximum Gasteiger partial charge on any atom is 0.410 e. The zero-order valence-corrected chi connectivity index (χ0v) is 21.6. The van der Waals surface area contributed by atoms with Crippen LogP contribution in [0.15, 0.2) is 12.1 Å². The van der Waals surface area contributed by atoms with Gasteiger partial charge in [-0.15, -0.1) is 0 Å². The Morgan fingerprint density at radius 1 is 1.14 bits per heavy atom. The number of rotatable bonds is 5. The van der Waals surface area contributed by atoms with Gasteiger partial charge in [-0.05, 0) is 79.7 Å². The molecule has 0 spiro atoms. The van der Waals surface area contributed by atoms with E-state index >= 15 is 0 Å². The molecule has 1 amide bonds. The van der Waals surface area contributed by atoms with Crippen LogP contribution in [0.3, 0.4) is 0 Å². The van der Waals surface area contributed by atoms with Gasteiger partial charge in [-0.25, -0.2) is 22.9 Å². The predicted molar refractivity (Wildman–Crippen MR) is 129 cm³/mol. The van der Waals surface area contributed by atoms with Crippen molar-refractivity contribution in [1.29, 1.82) is 0 Å². The van der Waals surface area contributed by atoms with E-state index in [2.05, 4.69) is 15.4 Å². The van der Waals surface area contributed by atoms with E-state index in [1.807, 2.05) is 53.1 Å². The van der Waals surface area contributed by atoms with Crippen LogP contribution in [-0.4, -0.2) is 44.4 Å². The van der Waals surface area contributed by atoms with Crippen LogP contribution in [0.25, 0.3) is 0 Å². The first kappa shape index (κ1) is 26.8. The lowest BCUT2D eigenvalue weighted by Gasteiger charge is -2.33. The van der Waals surface area contributed by atoms with Gasteiger partial charge in [0.15, 0.2) is 11.6 Å². The minimum absolute atomic E-state index is 0.00649. The maximum atomic E-state index is 14.9. The lowest BCUT2D eigenvalue weighted by molar-refractivity contribution is 0.0183. The van der Waals surface area contributed by atoms with Gasteiger partial charge in [0.05, 0.1) is 16.8 Å². The maximum absolute atomic E-state index is 14.9. The number of alkyl halides is 2. The van der Waals surface area contributed by atoms with Crippen LogP contribution in [0.1, 0.15) is 77.8 Å². The summed E-state index contributed by atoms with van der Waals surface area (Å²) in [7, 11) is 0. The Bertz CT molecular complexity index is 1050. The fraction of sp³-hybridized carbons (Fsp3) is 0.640. The SMILES string of the molecule is Cc1cc(Nc2cc(C(F)F)c(F)c(CC3CCN(C(=O)OC(C)(C)C)CC3)n2)nn1C(C)(C)C. The topological polar surface area (TPSA) is 72.3 Å². The lowest BCUT2D eigenvalue weighted by atomic mass is 9.91. The van der Waals surface area contributed by atoms with Crippen molar-refractivity contribution in [3.8, 4) is 0 Å². The van der Waals surface area contributed by atoms with Crippen molar-refractivity contribution in [1.82, 2.24) is 19.7 Å². The van der Waals surface area contributed by atoms with Crippen molar-refractivity contribution in [2.45, 2.75) is 85.3 Å². The molecule has 3 rings (SSSR count). The van der Waals surface area contributed by atoms with Crippen molar-refractivity contribution in [2.75, 3.05) is 18.4 Å². The third-order valence-corrected chi connectivity index (χ3v) is 5.82. The highest BCUT2D eigenvalue weighted by atomic mass is 19.3. The normalized spacial score (nSPS) is 15.6. The van der Waals surface area contributed by atoms with E-state index in [4.69, 9.17) is 4.74 Å². The fourth-order valence-corrected chi connectivity index (χ4v) is 4.23. The minimum atomic E-state index is -2.97. The van der Waals surface area contributed by atoms with Crippen LogP contribution < -0.4 is 5.32 Å². The number of hydrogen-bond donors (Lipinski definition) is 1. The molecule has 2 aromatic heterocycles. The standard InChI is InChI=1S/C25H36F3N5O2/c1-15-12-20(31-33(15)24(2,3)4)30-19-14-17(22(27)28)21(26)18(29-19)13-16-8-10-32(11-9-16)23(34)35-25(5,6)7/h12,14,16,22H,8-11,13H2,1-7H3,(H,29,30,31). The number of halogens is 3. The average Bonchev–Trinajstić information content (AvgIpc) is 3.09. The first-order valence-electron chi connectivity index (χ1n) is 11.9. The first-order valence-corrected chi connectivity index (χ1v) is 11.9. The van der Waals surface area contributed by atoms with E-state index in [0.29, 0.717) is 31.7 Å². The Labute approximate surface area is 205 Å². The van der Waals surface area contributed by atoms with Gasteiger partial charge in [0.2, 0.25) is 0 Å². The Morgan fingerprint density at radius 2 is 1.77 bits per heavy atom. The molecule has 1 aliphatic rings. The predicted octanol–water partition coefficient (Wildman–Crippen LogP) is 6.35. The quantitative estimate of drug-likeness (QED) is 0.523. The molecular weight excluding hydrogens is 459 g/mol. The smallest absolute Gasteiger partial charge is 0.410 e. The van der Waals surface area contributed by atoms with Gasteiger partial charge in [-0.3, -0.25) is 4.68 Å². The number of carbonyl (C=O) groups is 1. The van der Waals surface area contributed by atoms with Crippen LogP contribution in [0.2, 0.25) is 0 Å². The highest BCUT2D eigenvalue weighted by Crippen LogP contribution is 2.31. The summed E-state index contributed by atoms with van der Waals surface area (Å²) < 4.78 is 49.4. The van der Waals surface area contributed by atoms with Crippen molar-refractivity contribution in [3.05, 3.63) is 34.9 Å². The van der Waals surface area contributed by atoms with Gasteiger partial charge in [0.1, 0.15) is 11.4 Å². The van der Waals surface area contributed by atoms with Gasteiger partial charge in [0.25, 0.3) is 6.43 Å². The van der Waals surface area contributed by atoms with Crippen molar-refractivity contribution >= 4 is 17.7 Å². The summed E-state index contributed by atoms with van der Waals surface area (Å²) in [6.07, 6.45) is -1.93. The van der Waals surface area contributed by atoms with E-state index in [1.54, 1.807) is 11.0 Å². The molecule has 3 heterocycles. The summed E-state index contributed by atoms with van der Waals surface area (Å²) in [6.45, 7) is 14.3. The van der Waals surface area contributed by atoms with E-state index in [1.165, 1.54) is 0 Å². The number of hydrogen-bond acceptors (Lipinski definition) is 5. The van der Waals surface area contributed by atoms with Gasteiger partial charge >= 0.3 is 6.09 Å². The van der Waals surface area contributed by atoms with Crippen LogP contribution in [0.4, 0.5) is 29.6 Å². The molecule has 7 nitrogen and oxygen atoms in total. The number of nitrogens with one attached hydrogen (secondary N) is 1. The molecule has 1 fully saturated rings. The molecule has 0 aliphatic carbocycles. The van der Waals surface area contributed by atoms with Crippen LogP contribution in [0.5, 0.6) is 0 Å². The van der Waals surface area contributed by atoms with E-state index in [0.717, 1.165) is 11.8 Å². The Kier molecular flexibility index (Phi) is 7.71. The molecule has 2 aromatic rings. The second-order valence-electron chi connectivity index (χ2n) is 11.2. The van der Waals surface area contributed by atoms with Crippen LogP contribution in [-0.2, 0) is 16.7 Å². The van der Waals surface area contributed by atoms with Crippen LogP contribution in [0, 0.1) is 18.7 Å². The number of nitrogens with zero attached hydrogens (tertiary/aromatic N) is 4. The van der Waals surface area contributed by atoms with Crippen LogP contribution >= 0.6 is 0 Å². The highest BCUT2D eigenvalue weighted by Gasteiger charge is 2.29. The minimum Gasteiger partial charge on any atom is -0.444 e. The zero-order chi connectivity index (χ0) is 26.1. The Balaban J connectivity index is 1.75. The molecule has 35 heavy (non-hydrogen) atoms. The molecule has 0 saturated carbocycles. The third kappa shape index (κ3) is 6.89. The van der Waals surface area contributed by atoms with Crippen molar-refractivity contribution in [2.24, 2.45) is 5.92 Å². The molecule has 0 unspecified atom stereocenters. The van der Waals surface area contributed by atoms with Gasteiger partial charge in [-0.1, -0.05) is 0 Å². The lowest BCUT2D eigenvalue weighted by Crippen LogP contribution is -2.42. The highest BCUT2D eigenvalue weighted by molar-refractivity contribution is 5.68. The number of piperidine rings is 1. The summed E-state index contributed by atoms with van der Waals surface area (Å²) >= 11 is 0. The van der Waals surface area contributed by atoms with E-state index in [9.17, 15) is 18.0 Å². The second kappa shape index (κ2) is 10.1. The summed E-state index contributed by atoms with van der Waals surface area (Å²) in [4.78, 5) is 18.3. The fourth-order valence-electron chi connectivity index (χ4n) is 4.23. The molecule has 0 atom stereocenters. The molecule has 194 valence electrons. The third-order valence-electron chi connectivity index (χ3n) is 5.82. The largest absolute Gasteiger partial charge is 0.444 e. The molecule has 0 bridgehead atoms. The number of ether oxygens (including phenoxy) is 1. The van der Waals surface area contributed by atoms with Crippen molar-refractivity contribution in [3.63, 3.8) is 0 Å². The summed E-state index contributed by atoms with van der Waals surface area (Å²) in [5.74, 6) is -0.384. The second-order valence-corrected chi connectivity index (χ2v) is 11.2. The number of amides is 1. The molecule has 1 saturated heterocycles. The summed E-state index contributed by atoms with van der Waals surface area (Å²) in [6, 6.07) is 2.84. The number of aromatic nitrogens is 3.